The third kappa shape index (κ3) is 4.16. The minimum atomic E-state index is -1.15. The largest absolute Gasteiger partial charge is 0.477 e. The molecule has 120 valence electrons. The number of nitrogens with zero attached hydrogens (tertiary/aromatic N) is 2. The third-order valence-corrected chi connectivity index (χ3v) is 3.67. The third-order valence-electron chi connectivity index (χ3n) is 3.67. The standard InChI is InChI=1S/C18H20N2O3/c1-3-4-5-13-6-8-15(9-7-13)20(2)17(21)14-10-11-19-16(12-14)18(22)23/h6-12H,3-5H2,1-2H3,(H,22,23). The minimum absolute atomic E-state index is 0.140. The van der Waals surface area contributed by atoms with Gasteiger partial charge in [0.05, 0.1) is 0 Å². The molecule has 5 nitrogen and oxygen atoms in total. The number of unbranched alkanes of at least 4 members (excludes halogenated alkanes) is 1. The van der Waals surface area contributed by atoms with Crippen molar-refractivity contribution in [2.75, 3.05) is 11.9 Å². The zero-order valence-corrected chi connectivity index (χ0v) is 13.3. The van der Waals surface area contributed by atoms with Crippen molar-refractivity contribution in [1.82, 2.24) is 4.98 Å². The molecular weight excluding hydrogens is 292 g/mol. The van der Waals surface area contributed by atoms with E-state index in [0.717, 1.165) is 24.9 Å². The number of carbonyl (C=O) groups excluding carboxylic acids is 1. The van der Waals surface area contributed by atoms with Crippen molar-refractivity contribution in [2.24, 2.45) is 0 Å². The Morgan fingerprint density at radius 2 is 1.87 bits per heavy atom. The molecule has 2 aromatic rings. The van der Waals surface area contributed by atoms with Gasteiger partial charge in [0.15, 0.2) is 0 Å². The molecule has 0 saturated carbocycles. The van der Waals surface area contributed by atoms with E-state index in [2.05, 4.69) is 11.9 Å². The number of carboxylic acid groups (broad SMARTS) is 1. The Hall–Kier alpha value is -2.69. The summed E-state index contributed by atoms with van der Waals surface area (Å²) in [5.41, 5.74) is 2.17. The fraction of sp³-hybridized carbons (Fsp3) is 0.278. The number of carboxylic acids is 1. The first kappa shape index (κ1) is 16.7. The van der Waals surface area contributed by atoms with E-state index in [1.165, 1.54) is 28.8 Å². The summed E-state index contributed by atoms with van der Waals surface area (Å²) in [6.07, 6.45) is 4.65. The molecule has 0 aliphatic heterocycles. The van der Waals surface area contributed by atoms with Gasteiger partial charge in [0.1, 0.15) is 5.69 Å². The second-order valence-corrected chi connectivity index (χ2v) is 5.37. The SMILES string of the molecule is CCCCc1ccc(N(C)C(=O)c2ccnc(C(=O)O)c2)cc1. The number of hydrogen-bond acceptors (Lipinski definition) is 3. The Kier molecular flexibility index (Phi) is 5.46. The normalized spacial score (nSPS) is 10.3. The number of pyridine rings is 1. The molecule has 0 aliphatic carbocycles. The lowest BCUT2D eigenvalue weighted by atomic mass is 10.1. The maximum Gasteiger partial charge on any atom is 0.354 e. The molecule has 2 rings (SSSR count). The zero-order valence-electron chi connectivity index (χ0n) is 13.3. The van der Waals surface area contributed by atoms with E-state index < -0.39 is 5.97 Å². The Morgan fingerprint density at radius 3 is 2.48 bits per heavy atom. The van der Waals surface area contributed by atoms with Gasteiger partial charge in [0, 0.05) is 24.5 Å². The molecular formula is C18H20N2O3. The Labute approximate surface area is 135 Å². The molecule has 23 heavy (non-hydrogen) atoms. The van der Waals surface area contributed by atoms with Crippen LogP contribution >= 0.6 is 0 Å². The van der Waals surface area contributed by atoms with E-state index in [1.807, 2.05) is 24.3 Å². The van der Waals surface area contributed by atoms with Crippen LogP contribution in [0.1, 0.15) is 46.2 Å². The molecule has 0 bridgehead atoms. The van der Waals surface area contributed by atoms with Crippen molar-refractivity contribution < 1.29 is 14.7 Å². The molecule has 0 spiro atoms. The minimum Gasteiger partial charge on any atom is -0.477 e. The van der Waals surface area contributed by atoms with E-state index in [1.54, 1.807) is 7.05 Å². The van der Waals surface area contributed by atoms with Gasteiger partial charge in [-0.3, -0.25) is 4.79 Å². The summed E-state index contributed by atoms with van der Waals surface area (Å²) in [5.74, 6) is -1.42. The van der Waals surface area contributed by atoms with Crippen molar-refractivity contribution >= 4 is 17.6 Å². The van der Waals surface area contributed by atoms with Crippen LogP contribution in [-0.4, -0.2) is 29.0 Å². The van der Waals surface area contributed by atoms with Crippen LogP contribution in [0.5, 0.6) is 0 Å². The maximum atomic E-state index is 12.5. The fourth-order valence-electron chi connectivity index (χ4n) is 2.26. The average Bonchev–Trinajstić information content (AvgIpc) is 2.59. The van der Waals surface area contributed by atoms with Crippen LogP contribution in [0.25, 0.3) is 0 Å². The predicted molar refractivity (Wildman–Crippen MR) is 89.0 cm³/mol. The number of benzene rings is 1. The van der Waals surface area contributed by atoms with Crippen molar-refractivity contribution in [3.63, 3.8) is 0 Å². The van der Waals surface area contributed by atoms with E-state index >= 15 is 0 Å². The summed E-state index contributed by atoms with van der Waals surface area (Å²) in [5, 5.41) is 8.96. The van der Waals surface area contributed by atoms with Crippen LogP contribution in [-0.2, 0) is 6.42 Å². The van der Waals surface area contributed by atoms with E-state index in [-0.39, 0.29) is 11.6 Å². The summed E-state index contributed by atoms with van der Waals surface area (Å²) in [4.78, 5) is 28.7. The lowest BCUT2D eigenvalue weighted by Gasteiger charge is -2.18. The molecule has 0 radical (unpaired) electrons. The number of aromatic nitrogens is 1. The predicted octanol–water partition coefficient (Wildman–Crippen LogP) is 3.40. The Balaban J connectivity index is 2.16. The highest BCUT2D eigenvalue weighted by Crippen LogP contribution is 2.18. The van der Waals surface area contributed by atoms with Gasteiger partial charge >= 0.3 is 5.97 Å². The highest BCUT2D eigenvalue weighted by molar-refractivity contribution is 6.06. The summed E-state index contributed by atoms with van der Waals surface area (Å²) in [6, 6.07) is 10.6. The summed E-state index contributed by atoms with van der Waals surface area (Å²) >= 11 is 0. The maximum absolute atomic E-state index is 12.5. The van der Waals surface area contributed by atoms with Gasteiger partial charge in [-0.05, 0) is 42.7 Å². The first-order chi connectivity index (χ1) is 11.0. The highest BCUT2D eigenvalue weighted by Gasteiger charge is 2.15. The van der Waals surface area contributed by atoms with Crippen LogP contribution < -0.4 is 4.90 Å². The van der Waals surface area contributed by atoms with E-state index in [4.69, 9.17) is 5.11 Å². The number of amides is 1. The van der Waals surface area contributed by atoms with Gasteiger partial charge in [-0.15, -0.1) is 0 Å². The number of anilines is 1. The smallest absolute Gasteiger partial charge is 0.354 e. The number of carbonyl (C=O) groups is 2. The van der Waals surface area contributed by atoms with E-state index in [9.17, 15) is 9.59 Å². The number of aromatic carboxylic acids is 1. The zero-order chi connectivity index (χ0) is 16.8. The molecule has 1 aromatic carbocycles. The van der Waals surface area contributed by atoms with Crippen LogP contribution in [0.3, 0.4) is 0 Å². The number of hydrogen-bond donors (Lipinski definition) is 1. The van der Waals surface area contributed by atoms with Crippen molar-refractivity contribution in [2.45, 2.75) is 26.2 Å². The molecule has 1 aromatic heterocycles. The van der Waals surface area contributed by atoms with Gasteiger partial charge in [0.25, 0.3) is 5.91 Å². The molecule has 1 heterocycles. The summed E-state index contributed by atoms with van der Waals surface area (Å²) < 4.78 is 0. The van der Waals surface area contributed by atoms with Gasteiger partial charge in [-0.25, -0.2) is 9.78 Å². The lowest BCUT2D eigenvalue weighted by Crippen LogP contribution is -2.26. The van der Waals surface area contributed by atoms with Gasteiger partial charge in [-0.1, -0.05) is 25.5 Å². The first-order valence-electron chi connectivity index (χ1n) is 7.59. The molecule has 1 N–H and O–H groups in total. The molecule has 5 heteroatoms. The summed E-state index contributed by atoms with van der Waals surface area (Å²) in [6.45, 7) is 2.15. The first-order valence-corrected chi connectivity index (χ1v) is 7.59. The molecule has 0 aliphatic rings. The molecule has 1 amide bonds. The number of rotatable bonds is 6. The molecule has 0 saturated heterocycles. The van der Waals surface area contributed by atoms with Crippen LogP contribution in [0.2, 0.25) is 0 Å². The lowest BCUT2D eigenvalue weighted by molar-refractivity contribution is 0.0690. The van der Waals surface area contributed by atoms with Crippen molar-refractivity contribution in [3.8, 4) is 0 Å². The summed E-state index contributed by atoms with van der Waals surface area (Å²) in [7, 11) is 1.67. The second kappa shape index (κ2) is 7.54. The quantitative estimate of drug-likeness (QED) is 0.887. The van der Waals surface area contributed by atoms with Crippen LogP contribution in [0.4, 0.5) is 5.69 Å². The van der Waals surface area contributed by atoms with Crippen molar-refractivity contribution in [1.29, 1.82) is 0 Å². The monoisotopic (exact) mass is 312 g/mol. The fourth-order valence-corrected chi connectivity index (χ4v) is 2.26. The van der Waals surface area contributed by atoms with Gasteiger partial charge in [0.2, 0.25) is 0 Å². The van der Waals surface area contributed by atoms with Crippen molar-refractivity contribution in [3.05, 3.63) is 59.4 Å². The second-order valence-electron chi connectivity index (χ2n) is 5.37. The Morgan fingerprint density at radius 1 is 1.17 bits per heavy atom. The number of aryl methyl sites for hydroxylation is 1. The topological polar surface area (TPSA) is 70.5 Å². The van der Waals surface area contributed by atoms with Gasteiger partial charge < -0.3 is 10.0 Å². The van der Waals surface area contributed by atoms with E-state index in [0.29, 0.717) is 5.56 Å². The highest BCUT2D eigenvalue weighted by atomic mass is 16.4. The van der Waals surface area contributed by atoms with Crippen LogP contribution in [0.15, 0.2) is 42.6 Å². The van der Waals surface area contributed by atoms with Gasteiger partial charge in [-0.2, -0.15) is 0 Å². The average molecular weight is 312 g/mol. The van der Waals surface area contributed by atoms with Crippen LogP contribution in [0, 0.1) is 0 Å². The molecule has 0 unspecified atom stereocenters. The molecule has 0 atom stereocenters. The molecule has 0 fully saturated rings. The Bertz CT molecular complexity index is 696.